The van der Waals surface area contributed by atoms with Gasteiger partial charge in [0.2, 0.25) is 15.9 Å². The lowest BCUT2D eigenvalue weighted by Crippen LogP contribution is -2.47. The number of amides is 1. The first-order valence-corrected chi connectivity index (χ1v) is 11.7. The highest BCUT2D eigenvalue weighted by atomic mass is 32.2. The molecule has 0 bridgehead atoms. The molecule has 1 unspecified atom stereocenters. The molecule has 1 aromatic carbocycles. The van der Waals surface area contributed by atoms with Crippen LogP contribution in [0.15, 0.2) is 58.6 Å². The smallest absolute Gasteiger partial charge is 0.244 e. The molecule has 0 spiro atoms. The Kier molecular flexibility index (Phi) is 6.94. The van der Waals surface area contributed by atoms with Crippen molar-refractivity contribution in [2.75, 3.05) is 45.2 Å². The number of hydrogen-bond donors (Lipinski definition) is 0. The van der Waals surface area contributed by atoms with Crippen LogP contribution in [0, 0.1) is 0 Å². The van der Waals surface area contributed by atoms with Gasteiger partial charge in [0.25, 0.3) is 0 Å². The Morgan fingerprint density at radius 1 is 1.10 bits per heavy atom. The van der Waals surface area contributed by atoms with Gasteiger partial charge in [-0.05, 0) is 38.2 Å². The lowest BCUT2D eigenvalue weighted by molar-refractivity contribution is -0.117. The summed E-state index contributed by atoms with van der Waals surface area (Å²) in [5, 5.41) is 0.262. The third kappa shape index (κ3) is 5.16. The van der Waals surface area contributed by atoms with Crippen LogP contribution in [0.3, 0.4) is 0 Å². The second kappa shape index (κ2) is 9.25. The van der Waals surface area contributed by atoms with Crippen molar-refractivity contribution in [1.82, 2.24) is 14.2 Å². The molecule has 156 valence electrons. The van der Waals surface area contributed by atoms with Crippen molar-refractivity contribution < 1.29 is 13.2 Å². The molecule has 1 fully saturated rings. The standard InChI is InChI=1S/C20H26N4O3S2/c1-16(20(25)23(3)17-7-5-4-6-8-17)28-19-10-9-18(15-21-19)29(26,27)24-13-11-22(2)12-14-24/h4-10,15-16H,11-14H2,1-3H3. The highest BCUT2D eigenvalue weighted by Crippen LogP contribution is 2.26. The molecule has 0 saturated carbocycles. The van der Waals surface area contributed by atoms with Crippen molar-refractivity contribution in [2.45, 2.75) is 22.1 Å². The van der Waals surface area contributed by atoms with Crippen molar-refractivity contribution in [3.8, 4) is 0 Å². The second-order valence-corrected chi connectivity index (χ2v) is 10.3. The van der Waals surface area contributed by atoms with Crippen LogP contribution in [-0.4, -0.2) is 74.0 Å². The highest BCUT2D eigenvalue weighted by molar-refractivity contribution is 8.00. The SMILES string of the molecule is CC(Sc1ccc(S(=O)(=O)N2CCN(C)CC2)cn1)C(=O)N(C)c1ccccc1. The Balaban J connectivity index is 1.65. The molecule has 9 heteroatoms. The zero-order valence-electron chi connectivity index (χ0n) is 16.9. The number of rotatable bonds is 6. The van der Waals surface area contributed by atoms with Crippen molar-refractivity contribution in [3.05, 3.63) is 48.7 Å². The molecule has 1 amide bonds. The van der Waals surface area contributed by atoms with Crippen LogP contribution in [-0.2, 0) is 14.8 Å². The minimum atomic E-state index is -3.54. The summed E-state index contributed by atoms with van der Waals surface area (Å²) < 4.78 is 27.1. The number of pyridine rings is 1. The maximum atomic E-state index is 12.8. The molecule has 0 N–H and O–H groups in total. The largest absolute Gasteiger partial charge is 0.315 e. The summed E-state index contributed by atoms with van der Waals surface area (Å²) in [5.74, 6) is -0.0443. The van der Waals surface area contributed by atoms with Gasteiger partial charge in [0.1, 0.15) is 4.90 Å². The number of sulfonamides is 1. The van der Waals surface area contributed by atoms with Crippen molar-refractivity contribution in [1.29, 1.82) is 0 Å². The lowest BCUT2D eigenvalue weighted by atomic mass is 10.3. The Hall–Kier alpha value is -1.94. The summed E-state index contributed by atoms with van der Waals surface area (Å²) in [5.41, 5.74) is 0.825. The molecule has 1 aliphatic heterocycles. The van der Waals surface area contributed by atoms with Gasteiger partial charge in [-0.25, -0.2) is 13.4 Å². The average Bonchev–Trinajstić information content (AvgIpc) is 2.74. The van der Waals surface area contributed by atoms with Crippen LogP contribution in [0.1, 0.15) is 6.92 Å². The fraction of sp³-hybridized carbons (Fsp3) is 0.400. The van der Waals surface area contributed by atoms with E-state index in [0.29, 0.717) is 18.1 Å². The number of anilines is 1. The highest BCUT2D eigenvalue weighted by Gasteiger charge is 2.28. The first kappa shape index (κ1) is 21.8. The van der Waals surface area contributed by atoms with Crippen molar-refractivity contribution >= 4 is 33.4 Å². The summed E-state index contributed by atoms with van der Waals surface area (Å²) in [7, 11) is 0.189. The van der Waals surface area contributed by atoms with E-state index in [9.17, 15) is 13.2 Å². The van der Waals surface area contributed by atoms with Gasteiger partial charge in [0.05, 0.1) is 10.3 Å². The molecule has 1 atom stereocenters. The molecule has 3 rings (SSSR count). The van der Waals surface area contributed by atoms with E-state index >= 15 is 0 Å². The number of likely N-dealkylation sites (N-methyl/N-ethyl adjacent to an activating group) is 1. The Morgan fingerprint density at radius 2 is 1.76 bits per heavy atom. The van der Waals surface area contributed by atoms with Gasteiger partial charge in [-0.15, -0.1) is 0 Å². The maximum absolute atomic E-state index is 12.8. The number of aromatic nitrogens is 1. The molecule has 2 heterocycles. The monoisotopic (exact) mass is 434 g/mol. The second-order valence-electron chi connectivity index (χ2n) is 7.03. The predicted molar refractivity (Wildman–Crippen MR) is 116 cm³/mol. The van der Waals surface area contributed by atoms with Crippen LogP contribution in [0.5, 0.6) is 0 Å². The summed E-state index contributed by atoms with van der Waals surface area (Å²) in [4.78, 5) is 20.9. The number of carbonyl (C=O) groups excluding carboxylic acids is 1. The summed E-state index contributed by atoms with van der Waals surface area (Å²) >= 11 is 1.31. The van der Waals surface area contributed by atoms with E-state index in [4.69, 9.17) is 0 Å². The predicted octanol–water partition coefficient (Wildman–Crippen LogP) is 2.16. The number of piperazine rings is 1. The number of para-hydroxylation sites is 1. The zero-order chi connectivity index (χ0) is 21.0. The Bertz CT molecular complexity index is 928. The molecule has 29 heavy (non-hydrogen) atoms. The van der Waals surface area contributed by atoms with Crippen LogP contribution in [0.25, 0.3) is 0 Å². The zero-order valence-corrected chi connectivity index (χ0v) is 18.5. The van der Waals surface area contributed by atoms with E-state index in [1.54, 1.807) is 24.1 Å². The third-order valence-electron chi connectivity index (χ3n) is 4.93. The van der Waals surface area contributed by atoms with E-state index in [0.717, 1.165) is 18.8 Å². The number of thioether (sulfide) groups is 1. The molecule has 1 aliphatic rings. The van der Waals surface area contributed by atoms with Gasteiger partial charge in [-0.1, -0.05) is 30.0 Å². The Labute approximate surface area is 176 Å². The summed E-state index contributed by atoms with van der Waals surface area (Å²) in [6, 6.07) is 12.7. The lowest BCUT2D eigenvalue weighted by Gasteiger charge is -2.31. The Morgan fingerprint density at radius 3 is 2.34 bits per heavy atom. The fourth-order valence-corrected chi connectivity index (χ4v) is 5.30. The van der Waals surface area contributed by atoms with Crippen molar-refractivity contribution in [3.63, 3.8) is 0 Å². The van der Waals surface area contributed by atoms with Crippen LogP contribution in [0.4, 0.5) is 5.69 Å². The van der Waals surface area contributed by atoms with E-state index in [-0.39, 0.29) is 16.1 Å². The van der Waals surface area contributed by atoms with Gasteiger partial charge in [-0.2, -0.15) is 4.31 Å². The first-order chi connectivity index (χ1) is 13.8. The summed E-state index contributed by atoms with van der Waals surface area (Å²) in [6.07, 6.45) is 1.38. The molecule has 7 nitrogen and oxygen atoms in total. The first-order valence-electron chi connectivity index (χ1n) is 9.43. The van der Waals surface area contributed by atoms with Gasteiger partial charge in [0, 0.05) is 45.1 Å². The van der Waals surface area contributed by atoms with Crippen LogP contribution in [0.2, 0.25) is 0 Å². The maximum Gasteiger partial charge on any atom is 0.244 e. The normalized spacial score (nSPS) is 17.1. The fourth-order valence-electron chi connectivity index (χ4n) is 3.05. The van der Waals surface area contributed by atoms with E-state index in [2.05, 4.69) is 9.88 Å². The van der Waals surface area contributed by atoms with Gasteiger partial charge < -0.3 is 9.80 Å². The quantitative estimate of drug-likeness (QED) is 0.649. The number of carbonyl (C=O) groups is 1. The van der Waals surface area contributed by atoms with E-state index < -0.39 is 10.0 Å². The van der Waals surface area contributed by atoms with Gasteiger partial charge >= 0.3 is 0 Å². The van der Waals surface area contributed by atoms with Gasteiger partial charge in [-0.3, -0.25) is 4.79 Å². The third-order valence-corrected chi connectivity index (χ3v) is 7.85. The molecule has 1 saturated heterocycles. The van der Waals surface area contributed by atoms with E-state index in [1.165, 1.54) is 22.3 Å². The minimum Gasteiger partial charge on any atom is -0.315 e. The number of nitrogens with zero attached hydrogens (tertiary/aromatic N) is 4. The molecule has 1 aromatic heterocycles. The molecular weight excluding hydrogens is 408 g/mol. The molecular formula is C20H26N4O3S2. The number of hydrogen-bond acceptors (Lipinski definition) is 6. The number of benzene rings is 1. The van der Waals surface area contributed by atoms with Crippen LogP contribution >= 0.6 is 11.8 Å². The topological polar surface area (TPSA) is 73.8 Å². The van der Waals surface area contributed by atoms with E-state index in [1.807, 2.05) is 44.3 Å². The molecule has 0 radical (unpaired) electrons. The van der Waals surface area contributed by atoms with Crippen molar-refractivity contribution in [2.24, 2.45) is 0 Å². The molecule has 2 aromatic rings. The summed E-state index contributed by atoms with van der Waals surface area (Å²) in [6.45, 7) is 4.21. The average molecular weight is 435 g/mol. The molecule has 0 aliphatic carbocycles. The van der Waals surface area contributed by atoms with Gasteiger partial charge in [0.15, 0.2) is 0 Å². The van der Waals surface area contributed by atoms with Crippen LogP contribution < -0.4 is 4.90 Å². The minimum absolute atomic E-state index is 0.0443.